The van der Waals surface area contributed by atoms with Crippen molar-refractivity contribution in [2.75, 3.05) is 6.54 Å². The van der Waals surface area contributed by atoms with E-state index in [9.17, 15) is 0 Å². The summed E-state index contributed by atoms with van der Waals surface area (Å²) in [5.74, 6) is 0.886. The zero-order valence-corrected chi connectivity index (χ0v) is 13.4. The average Bonchev–Trinajstić information content (AvgIpc) is 2.44. The number of pyridine rings is 1. The first-order valence-corrected chi connectivity index (χ1v) is 7.53. The van der Waals surface area contributed by atoms with E-state index in [2.05, 4.69) is 39.2 Å². The first kappa shape index (κ1) is 15.0. The number of aryl methyl sites for hydroxylation is 1. The minimum atomic E-state index is 0.476. The first-order valence-electron chi connectivity index (χ1n) is 6.74. The highest BCUT2D eigenvalue weighted by molar-refractivity contribution is 9.10. The zero-order valence-electron chi connectivity index (χ0n) is 11.8. The lowest BCUT2D eigenvalue weighted by atomic mass is 10.2. The molecular formula is C16H19BrN2O. The fourth-order valence-electron chi connectivity index (χ4n) is 1.94. The molecule has 2 rings (SSSR count). The average molecular weight is 335 g/mol. The zero-order chi connectivity index (χ0) is 14.4. The van der Waals surface area contributed by atoms with Gasteiger partial charge >= 0.3 is 0 Å². The third-order valence-corrected chi connectivity index (χ3v) is 3.55. The van der Waals surface area contributed by atoms with E-state index in [1.54, 1.807) is 0 Å². The fraction of sp³-hybridized carbons (Fsp3) is 0.312. The van der Waals surface area contributed by atoms with Gasteiger partial charge in [-0.2, -0.15) is 0 Å². The van der Waals surface area contributed by atoms with Gasteiger partial charge in [-0.25, -0.2) is 0 Å². The van der Waals surface area contributed by atoms with Gasteiger partial charge in [-0.05, 0) is 47.6 Å². The van der Waals surface area contributed by atoms with Crippen LogP contribution in [0, 0.1) is 6.92 Å². The second kappa shape index (κ2) is 7.41. The summed E-state index contributed by atoms with van der Waals surface area (Å²) in [6.07, 6.45) is 0. The highest BCUT2D eigenvalue weighted by Crippen LogP contribution is 2.29. The Morgan fingerprint density at radius 1 is 1.20 bits per heavy atom. The largest absolute Gasteiger partial charge is 0.486 e. The normalized spacial score (nSPS) is 10.6. The van der Waals surface area contributed by atoms with Crippen LogP contribution in [0.2, 0.25) is 0 Å². The van der Waals surface area contributed by atoms with Gasteiger partial charge in [0.15, 0.2) is 0 Å². The van der Waals surface area contributed by atoms with Gasteiger partial charge in [-0.3, -0.25) is 4.98 Å². The molecule has 0 radical (unpaired) electrons. The van der Waals surface area contributed by atoms with Gasteiger partial charge in [-0.15, -0.1) is 0 Å². The molecule has 0 aliphatic heterocycles. The summed E-state index contributed by atoms with van der Waals surface area (Å²) in [6, 6.07) is 12.1. The van der Waals surface area contributed by atoms with Crippen LogP contribution < -0.4 is 10.1 Å². The number of benzene rings is 1. The molecule has 0 amide bonds. The van der Waals surface area contributed by atoms with E-state index < -0.39 is 0 Å². The quantitative estimate of drug-likeness (QED) is 0.871. The Hall–Kier alpha value is -1.39. The molecule has 1 aromatic carbocycles. The number of nitrogens with one attached hydrogen (secondary N) is 1. The van der Waals surface area contributed by atoms with Crippen LogP contribution in [0.15, 0.2) is 40.9 Å². The lowest BCUT2D eigenvalue weighted by molar-refractivity contribution is 0.295. The molecule has 1 heterocycles. The molecule has 0 spiro atoms. The van der Waals surface area contributed by atoms with Gasteiger partial charge in [0.1, 0.15) is 12.4 Å². The van der Waals surface area contributed by atoms with Crippen molar-refractivity contribution in [3.8, 4) is 5.75 Å². The summed E-state index contributed by atoms with van der Waals surface area (Å²) in [6.45, 7) is 6.29. The molecular weight excluding hydrogens is 316 g/mol. The maximum atomic E-state index is 5.96. The van der Waals surface area contributed by atoms with Crippen molar-refractivity contribution in [3.63, 3.8) is 0 Å². The minimum absolute atomic E-state index is 0.476. The summed E-state index contributed by atoms with van der Waals surface area (Å²) in [5, 5.41) is 3.32. The van der Waals surface area contributed by atoms with Crippen LogP contribution in [0.25, 0.3) is 0 Å². The Morgan fingerprint density at radius 3 is 2.75 bits per heavy atom. The van der Waals surface area contributed by atoms with E-state index in [-0.39, 0.29) is 0 Å². The van der Waals surface area contributed by atoms with E-state index in [0.717, 1.165) is 40.3 Å². The Bertz CT molecular complexity index is 572. The molecule has 1 N–H and O–H groups in total. The van der Waals surface area contributed by atoms with Crippen molar-refractivity contribution in [2.24, 2.45) is 0 Å². The van der Waals surface area contributed by atoms with E-state index in [4.69, 9.17) is 4.74 Å². The van der Waals surface area contributed by atoms with Crippen molar-refractivity contribution in [1.82, 2.24) is 10.3 Å². The summed E-state index contributed by atoms with van der Waals surface area (Å²) in [5.41, 5.74) is 3.09. The van der Waals surface area contributed by atoms with Gasteiger partial charge in [0.05, 0.1) is 10.2 Å². The molecule has 2 aromatic rings. The van der Waals surface area contributed by atoms with Gasteiger partial charge < -0.3 is 10.1 Å². The maximum Gasteiger partial charge on any atom is 0.138 e. The molecule has 20 heavy (non-hydrogen) atoms. The SMILES string of the molecule is CCNCc1cccc(Br)c1OCc1cccc(C)n1. The molecule has 106 valence electrons. The predicted octanol–water partition coefficient (Wildman–Crippen LogP) is 3.84. The molecule has 4 heteroatoms. The molecule has 0 aliphatic carbocycles. The molecule has 0 aliphatic rings. The molecule has 1 aromatic heterocycles. The second-order valence-electron chi connectivity index (χ2n) is 4.57. The van der Waals surface area contributed by atoms with E-state index in [0.29, 0.717) is 6.61 Å². The fourth-order valence-corrected chi connectivity index (χ4v) is 2.46. The van der Waals surface area contributed by atoms with Gasteiger partial charge in [0, 0.05) is 17.8 Å². The number of para-hydroxylation sites is 1. The standard InChI is InChI=1S/C16H19BrN2O/c1-3-18-10-13-7-5-9-15(17)16(13)20-11-14-8-4-6-12(2)19-14/h4-9,18H,3,10-11H2,1-2H3. The topological polar surface area (TPSA) is 34.1 Å². The molecule has 0 saturated carbocycles. The molecule has 0 fully saturated rings. The predicted molar refractivity (Wildman–Crippen MR) is 84.8 cm³/mol. The summed E-state index contributed by atoms with van der Waals surface area (Å²) >= 11 is 3.55. The van der Waals surface area contributed by atoms with Gasteiger partial charge in [-0.1, -0.05) is 25.1 Å². The molecule has 3 nitrogen and oxygen atoms in total. The smallest absolute Gasteiger partial charge is 0.138 e. The summed E-state index contributed by atoms with van der Waals surface area (Å²) < 4.78 is 6.93. The molecule has 0 unspecified atom stereocenters. The maximum absolute atomic E-state index is 5.96. The van der Waals surface area contributed by atoms with E-state index in [1.165, 1.54) is 0 Å². The van der Waals surface area contributed by atoms with Crippen molar-refractivity contribution in [2.45, 2.75) is 27.0 Å². The van der Waals surface area contributed by atoms with Gasteiger partial charge in [0.2, 0.25) is 0 Å². The lowest BCUT2D eigenvalue weighted by Crippen LogP contribution is -2.13. The lowest BCUT2D eigenvalue weighted by Gasteiger charge is -2.13. The number of ether oxygens (including phenoxy) is 1. The van der Waals surface area contributed by atoms with Crippen molar-refractivity contribution < 1.29 is 4.74 Å². The highest BCUT2D eigenvalue weighted by atomic mass is 79.9. The van der Waals surface area contributed by atoms with Crippen LogP contribution >= 0.6 is 15.9 Å². The van der Waals surface area contributed by atoms with Crippen LogP contribution in [0.3, 0.4) is 0 Å². The number of hydrogen-bond donors (Lipinski definition) is 1. The van der Waals surface area contributed by atoms with Crippen LogP contribution in [0.4, 0.5) is 0 Å². The number of rotatable bonds is 6. The van der Waals surface area contributed by atoms with E-state index in [1.807, 2.05) is 37.3 Å². The minimum Gasteiger partial charge on any atom is -0.486 e. The molecule has 0 saturated heterocycles. The Labute approximate surface area is 128 Å². The molecule has 0 bridgehead atoms. The van der Waals surface area contributed by atoms with Crippen LogP contribution in [-0.4, -0.2) is 11.5 Å². The Morgan fingerprint density at radius 2 is 2.00 bits per heavy atom. The van der Waals surface area contributed by atoms with Crippen molar-refractivity contribution in [1.29, 1.82) is 0 Å². The highest BCUT2D eigenvalue weighted by Gasteiger charge is 2.08. The number of nitrogens with zero attached hydrogens (tertiary/aromatic N) is 1. The van der Waals surface area contributed by atoms with Gasteiger partial charge in [0.25, 0.3) is 0 Å². The third-order valence-electron chi connectivity index (χ3n) is 2.92. The third kappa shape index (κ3) is 4.05. The Kier molecular flexibility index (Phi) is 5.56. The van der Waals surface area contributed by atoms with Crippen LogP contribution in [-0.2, 0) is 13.2 Å². The summed E-state index contributed by atoms with van der Waals surface area (Å²) in [4.78, 5) is 4.45. The van der Waals surface area contributed by atoms with Crippen LogP contribution in [0.5, 0.6) is 5.75 Å². The number of hydrogen-bond acceptors (Lipinski definition) is 3. The van der Waals surface area contributed by atoms with Crippen LogP contribution in [0.1, 0.15) is 23.9 Å². The number of halogens is 1. The first-order chi connectivity index (χ1) is 9.70. The second-order valence-corrected chi connectivity index (χ2v) is 5.42. The summed E-state index contributed by atoms with van der Waals surface area (Å²) in [7, 11) is 0. The number of aromatic nitrogens is 1. The van der Waals surface area contributed by atoms with Crippen molar-refractivity contribution >= 4 is 15.9 Å². The Balaban J connectivity index is 2.11. The van der Waals surface area contributed by atoms with E-state index >= 15 is 0 Å². The molecule has 0 atom stereocenters. The van der Waals surface area contributed by atoms with Crippen molar-refractivity contribution in [3.05, 3.63) is 57.8 Å². The monoisotopic (exact) mass is 334 g/mol.